The summed E-state index contributed by atoms with van der Waals surface area (Å²) in [6.07, 6.45) is 22.0. The summed E-state index contributed by atoms with van der Waals surface area (Å²) in [5, 5.41) is 0. The lowest BCUT2D eigenvalue weighted by Gasteiger charge is -2.44. The second-order valence-corrected chi connectivity index (χ2v) is 10.3. The molecule has 0 heterocycles. The Hall–Kier alpha value is -1.04. The molecule has 0 aliphatic heterocycles. The maximum atomic E-state index is 4.06. The molecule has 2 saturated carbocycles. The number of fused-ring (bicyclic) bond motifs is 2. The first kappa shape index (κ1) is 20.2. The van der Waals surface area contributed by atoms with E-state index < -0.39 is 0 Å². The number of unbranched alkanes of at least 4 members (excludes halogenated alkanes) is 3. The van der Waals surface area contributed by atoms with Gasteiger partial charge in [0, 0.05) is 0 Å². The molecule has 0 spiro atoms. The molecule has 0 radical (unpaired) electrons. The van der Waals surface area contributed by atoms with Gasteiger partial charge in [0.2, 0.25) is 0 Å². The quantitative estimate of drug-likeness (QED) is 0.334. The molecule has 0 N–H and O–H groups in total. The minimum absolute atomic E-state index is 0.815. The summed E-state index contributed by atoms with van der Waals surface area (Å²) >= 11 is 0. The number of benzene rings is 1. The first-order chi connectivity index (χ1) is 13.8. The van der Waals surface area contributed by atoms with Crippen molar-refractivity contribution in [2.45, 2.75) is 96.8 Å². The van der Waals surface area contributed by atoms with E-state index in [-0.39, 0.29) is 0 Å². The smallest absolute Gasteiger partial charge is 0.0233 e. The van der Waals surface area contributed by atoms with E-state index in [9.17, 15) is 0 Å². The van der Waals surface area contributed by atoms with E-state index in [4.69, 9.17) is 0 Å². The van der Waals surface area contributed by atoms with Crippen LogP contribution in [0.15, 0.2) is 30.9 Å². The third kappa shape index (κ3) is 4.74. The van der Waals surface area contributed by atoms with Gasteiger partial charge >= 0.3 is 0 Å². The largest absolute Gasteiger partial charge is 0.103 e. The molecular weight excluding hydrogens is 336 g/mol. The van der Waals surface area contributed by atoms with Gasteiger partial charge in [0.1, 0.15) is 0 Å². The summed E-state index contributed by atoms with van der Waals surface area (Å²) in [6.45, 7) is 6.36. The van der Waals surface area contributed by atoms with Crippen molar-refractivity contribution in [2.24, 2.45) is 29.6 Å². The van der Waals surface area contributed by atoms with E-state index >= 15 is 0 Å². The molecule has 0 heteroatoms. The minimum Gasteiger partial charge on any atom is -0.103 e. The Bertz CT molecular complexity index is 641. The maximum absolute atomic E-state index is 4.06. The van der Waals surface area contributed by atoms with Crippen molar-refractivity contribution in [1.29, 1.82) is 0 Å². The Morgan fingerprint density at radius 3 is 2.46 bits per heavy atom. The Balaban J connectivity index is 1.31. The van der Waals surface area contributed by atoms with Crippen LogP contribution >= 0.6 is 0 Å². The third-order valence-electron chi connectivity index (χ3n) is 8.55. The second-order valence-electron chi connectivity index (χ2n) is 10.3. The summed E-state index contributed by atoms with van der Waals surface area (Å²) in [7, 11) is 0. The molecule has 154 valence electrons. The Morgan fingerprint density at radius 1 is 0.857 bits per heavy atom. The van der Waals surface area contributed by atoms with E-state index in [1.54, 1.807) is 16.7 Å². The van der Waals surface area contributed by atoms with Crippen LogP contribution in [0.2, 0.25) is 0 Å². The fourth-order valence-electron chi connectivity index (χ4n) is 6.75. The molecule has 3 unspecified atom stereocenters. The zero-order valence-electron chi connectivity index (χ0n) is 18.3. The maximum Gasteiger partial charge on any atom is -0.0233 e. The van der Waals surface area contributed by atoms with Crippen LogP contribution < -0.4 is 0 Å². The van der Waals surface area contributed by atoms with Gasteiger partial charge in [0.25, 0.3) is 0 Å². The minimum atomic E-state index is 0.815. The van der Waals surface area contributed by atoms with E-state index in [0.717, 1.165) is 29.6 Å². The van der Waals surface area contributed by atoms with Crippen molar-refractivity contribution in [3.63, 3.8) is 0 Å². The van der Waals surface area contributed by atoms with Crippen LogP contribution in [0.3, 0.4) is 0 Å². The first-order valence-electron chi connectivity index (χ1n) is 12.5. The Kier molecular flexibility index (Phi) is 6.97. The van der Waals surface area contributed by atoms with Crippen LogP contribution in [0.25, 0.3) is 0 Å². The van der Waals surface area contributed by atoms with Crippen LogP contribution in [-0.2, 0) is 19.3 Å². The Labute approximate surface area is 174 Å². The molecule has 1 aromatic carbocycles. The summed E-state index contributed by atoms with van der Waals surface area (Å²) < 4.78 is 0. The van der Waals surface area contributed by atoms with Gasteiger partial charge in [-0.05, 0) is 117 Å². The molecule has 0 bridgehead atoms. The summed E-state index contributed by atoms with van der Waals surface area (Å²) in [6, 6.07) is 7.50. The van der Waals surface area contributed by atoms with Gasteiger partial charge < -0.3 is 0 Å². The van der Waals surface area contributed by atoms with E-state index in [2.05, 4.69) is 37.8 Å². The predicted octanol–water partition coefficient (Wildman–Crippen LogP) is 7.93. The highest BCUT2D eigenvalue weighted by Gasteiger charge is 2.38. The van der Waals surface area contributed by atoms with Crippen LogP contribution in [0.5, 0.6) is 0 Å². The molecule has 0 saturated heterocycles. The zero-order chi connectivity index (χ0) is 19.3. The molecule has 0 aromatic heterocycles. The molecular formula is C28H42. The number of rotatable bonds is 7. The van der Waals surface area contributed by atoms with E-state index in [1.807, 2.05) is 0 Å². The molecule has 28 heavy (non-hydrogen) atoms. The lowest BCUT2D eigenvalue weighted by Crippen LogP contribution is -2.34. The van der Waals surface area contributed by atoms with Gasteiger partial charge in [-0.25, -0.2) is 0 Å². The third-order valence-corrected chi connectivity index (χ3v) is 8.55. The van der Waals surface area contributed by atoms with Crippen molar-refractivity contribution >= 4 is 0 Å². The summed E-state index contributed by atoms with van der Waals surface area (Å²) in [4.78, 5) is 0. The average Bonchev–Trinajstić information content (AvgIpc) is 2.75. The summed E-state index contributed by atoms with van der Waals surface area (Å²) in [5.74, 6) is 4.82. The second kappa shape index (κ2) is 9.64. The normalized spacial score (nSPS) is 32.4. The number of hydrogen-bond acceptors (Lipinski definition) is 0. The highest BCUT2D eigenvalue weighted by molar-refractivity contribution is 5.34. The first-order valence-corrected chi connectivity index (χ1v) is 12.5. The van der Waals surface area contributed by atoms with Gasteiger partial charge in [0.05, 0.1) is 0 Å². The van der Waals surface area contributed by atoms with Crippen molar-refractivity contribution < 1.29 is 0 Å². The van der Waals surface area contributed by atoms with Crippen molar-refractivity contribution in [2.75, 3.05) is 0 Å². The highest BCUT2D eigenvalue weighted by Crippen LogP contribution is 2.48. The highest BCUT2D eigenvalue weighted by atomic mass is 14.4. The number of aryl methyl sites for hydroxylation is 2. The van der Waals surface area contributed by atoms with Crippen LogP contribution in [0.1, 0.15) is 94.2 Å². The van der Waals surface area contributed by atoms with Gasteiger partial charge in [-0.2, -0.15) is 0 Å². The molecule has 3 aliphatic carbocycles. The van der Waals surface area contributed by atoms with Crippen molar-refractivity contribution in [3.05, 3.63) is 47.5 Å². The fourth-order valence-corrected chi connectivity index (χ4v) is 6.75. The SMILES string of the molecule is C=C[C@@H]1CC[C@@H]2CC(C3CCc4cc(CCCCCC)ccc4C3)CCC2C1. The topological polar surface area (TPSA) is 0 Å². The van der Waals surface area contributed by atoms with Crippen molar-refractivity contribution in [1.82, 2.24) is 0 Å². The zero-order valence-corrected chi connectivity index (χ0v) is 18.3. The van der Waals surface area contributed by atoms with E-state index in [1.165, 1.54) is 89.9 Å². The summed E-state index contributed by atoms with van der Waals surface area (Å²) in [5.41, 5.74) is 4.96. The standard InChI is InChI=1S/C28H42/c1-3-5-6-7-8-22-10-12-26-20-28(16-14-24(26)18-22)27-15-13-23-17-21(4-2)9-11-25(23)19-27/h4,10,12,18,21,23,25,27-28H,2-3,5-9,11,13-17,19-20H2,1H3/t21-,23?,25-,27?,28?/m1/s1. The number of allylic oxidation sites excluding steroid dienone is 1. The molecule has 0 nitrogen and oxygen atoms in total. The van der Waals surface area contributed by atoms with E-state index in [0.29, 0.717) is 0 Å². The van der Waals surface area contributed by atoms with Gasteiger partial charge in [-0.3, -0.25) is 0 Å². The Morgan fingerprint density at radius 2 is 1.64 bits per heavy atom. The molecule has 2 fully saturated rings. The van der Waals surface area contributed by atoms with Crippen LogP contribution in [0, 0.1) is 29.6 Å². The van der Waals surface area contributed by atoms with Gasteiger partial charge in [-0.15, -0.1) is 6.58 Å². The van der Waals surface area contributed by atoms with Gasteiger partial charge in [0.15, 0.2) is 0 Å². The van der Waals surface area contributed by atoms with Crippen LogP contribution in [0.4, 0.5) is 0 Å². The molecule has 5 atom stereocenters. The molecule has 0 amide bonds. The molecule has 4 rings (SSSR count). The number of hydrogen-bond donors (Lipinski definition) is 0. The average molecular weight is 379 g/mol. The van der Waals surface area contributed by atoms with Crippen LogP contribution in [-0.4, -0.2) is 0 Å². The van der Waals surface area contributed by atoms with Gasteiger partial charge in [-0.1, -0.05) is 50.5 Å². The lowest BCUT2D eigenvalue weighted by atomic mass is 9.61. The predicted molar refractivity (Wildman–Crippen MR) is 122 cm³/mol. The molecule has 3 aliphatic rings. The molecule has 1 aromatic rings. The monoisotopic (exact) mass is 378 g/mol. The lowest BCUT2D eigenvalue weighted by molar-refractivity contribution is 0.0811. The van der Waals surface area contributed by atoms with Crippen molar-refractivity contribution in [3.8, 4) is 0 Å². The fraction of sp³-hybridized carbons (Fsp3) is 0.714.